The van der Waals surface area contributed by atoms with Crippen molar-refractivity contribution in [3.05, 3.63) is 65.7 Å². The Labute approximate surface area is 101 Å². The molecule has 0 bridgehead atoms. The predicted octanol–water partition coefficient (Wildman–Crippen LogP) is 3.81. The normalized spacial score (nSPS) is 9.31. The van der Waals surface area contributed by atoms with Crippen LogP contribution in [0.25, 0.3) is 0 Å². The second kappa shape index (κ2) is 5.44. The predicted molar refractivity (Wildman–Crippen MR) is 70.6 cm³/mol. The quantitative estimate of drug-likeness (QED) is 0.524. The van der Waals surface area contributed by atoms with E-state index in [0.717, 1.165) is 11.1 Å². The van der Waals surface area contributed by atoms with Gasteiger partial charge in [0.05, 0.1) is 0 Å². The highest BCUT2D eigenvalue weighted by atomic mass is 32.2. The van der Waals surface area contributed by atoms with Crippen molar-refractivity contribution >= 4 is 11.8 Å². The van der Waals surface area contributed by atoms with Gasteiger partial charge in [-0.05, 0) is 36.6 Å². The van der Waals surface area contributed by atoms with Crippen LogP contribution in [0.5, 0.6) is 0 Å². The summed E-state index contributed by atoms with van der Waals surface area (Å²) in [6.45, 7) is 0. The van der Waals surface area contributed by atoms with E-state index in [1.807, 2.05) is 42.5 Å². The van der Waals surface area contributed by atoms with Crippen LogP contribution in [0.1, 0.15) is 11.1 Å². The molecule has 0 aliphatic heterocycles. The summed E-state index contributed by atoms with van der Waals surface area (Å²) in [6, 6.07) is 18.3. The minimum absolute atomic E-state index is 1.05. The Hall–Kier alpha value is -1.65. The molecular formula is C15H12S. The summed E-state index contributed by atoms with van der Waals surface area (Å²) >= 11 is 1.74. The van der Waals surface area contributed by atoms with Crippen LogP contribution in [-0.4, -0.2) is 6.26 Å². The lowest BCUT2D eigenvalue weighted by Gasteiger charge is -1.95. The molecular weight excluding hydrogens is 212 g/mol. The molecule has 0 radical (unpaired) electrons. The van der Waals surface area contributed by atoms with E-state index < -0.39 is 0 Å². The zero-order chi connectivity index (χ0) is 11.2. The number of hydrogen-bond acceptors (Lipinski definition) is 1. The van der Waals surface area contributed by atoms with Gasteiger partial charge >= 0.3 is 0 Å². The minimum atomic E-state index is 1.05. The largest absolute Gasteiger partial charge is 0.130 e. The molecule has 2 rings (SSSR count). The Morgan fingerprint density at radius 3 is 2.25 bits per heavy atom. The monoisotopic (exact) mass is 224 g/mol. The molecule has 0 atom stereocenters. The van der Waals surface area contributed by atoms with Gasteiger partial charge in [0.2, 0.25) is 0 Å². The van der Waals surface area contributed by atoms with E-state index in [1.165, 1.54) is 4.90 Å². The molecule has 0 nitrogen and oxygen atoms in total. The van der Waals surface area contributed by atoms with E-state index in [2.05, 4.69) is 30.2 Å². The molecule has 0 aromatic heterocycles. The van der Waals surface area contributed by atoms with Crippen LogP contribution in [0.15, 0.2) is 59.5 Å². The number of benzene rings is 2. The van der Waals surface area contributed by atoms with Gasteiger partial charge < -0.3 is 0 Å². The van der Waals surface area contributed by atoms with Crippen molar-refractivity contribution in [1.29, 1.82) is 0 Å². The highest BCUT2D eigenvalue weighted by Gasteiger charge is 1.90. The van der Waals surface area contributed by atoms with E-state index in [1.54, 1.807) is 11.8 Å². The Morgan fingerprint density at radius 2 is 1.50 bits per heavy atom. The van der Waals surface area contributed by atoms with Gasteiger partial charge in [-0.25, -0.2) is 0 Å². The summed E-state index contributed by atoms with van der Waals surface area (Å²) < 4.78 is 0. The third kappa shape index (κ3) is 2.92. The summed E-state index contributed by atoms with van der Waals surface area (Å²) in [7, 11) is 0. The lowest BCUT2D eigenvalue weighted by atomic mass is 10.2. The summed E-state index contributed by atoms with van der Waals surface area (Å²) in [5.74, 6) is 6.33. The molecule has 78 valence electrons. The zero-order valence-corrected chi connectivity index (χ0v) is 9.92. The highest BCUT2D eigenvalue weighted by molar-refractivity contribution is 7.98. The number of rotatable bonds is 1. The van der Waals surface area contributed by atoms with Crippen LogP contribution in [0.3, 0.4) is 0 Å². The molecule has 0 amide bonds. The molecule has 2 aromatic rings. The first-order valence-electron chi connectivity index (χ1n) is 5.09. The van der Waals surface area contributed by atoms with E-state index in [9.17, 15) is 0 Å². The van der Waals surface area contributed by atoms with Crippen LogP contribution < -0.4 is 0 Å². The molecule has 0 saturated carbocycles. The fourth-order valence-corrected chi connectivity index (χ4v) is 1.83. The lowest BCUT2D eigenvalue weighted by molar-refractivity contribution is 1.44. The summed E-state index contributed by atoms with van der Waals surface area (Å²) in [6.07, 6.45) is 2.07. The molecule has 0 unspecified atom stereocenters. The summed E-state index contributed by atoms with van der Waals surface area (Å²) in [5.41, 5.74) is 2.12. The maximum atomic E-state index is 3.17. The Morgan fingerprint density at radius 1 is 0.812 bits per heavy atom. The first kappa shape index (κ1) is 10.9. The van der Waals surface area contributed by atoms with E-state index in [0.29, 0.717) is 0 Å². The Bertz CT molecular complexity index is 518. The van der Waals surface area contributed by atoms with E-state index in [-0.39, 0.29) is 0 Å². The molecule has 0 spiro atoms. The van der Waals surface area contributed by atoms with Crippen molar-refractivity contribution in [2.45, 2.75) is 4.90 Å². The van der Waals surface area contributed by atoms with Crippen LogP contribution in [0.4, 0.5) is 0 Å². The Kier molecular flexibility index (Phi) is 3.69. The third-order valence-electron chi connectivity index (χ3n) is 2.19. The zero-order valence-electron chi connectivity index (χ0n) is 9.10. The van der Waals surface area contributed by atoms with Gasteiger partial charge in [0.25, 0.3) is 0 Å². The SMILES string of the molecule is CSc1cccc(C#Cc2ccccc2)c1. The van der Waals surface area contributed by atoms with Gasteiger partial charge in [-0.15, -0.1) is 11.8 Å². The fraction of sp³-hybridized carbons (Fsp3) is 0.0667. The lowest BCUT2D eigenvalue weighted by Crippen LogP contribution is -1.76. The molecule has 0 aliphatic carbocycles. The van der Waals surface area contributed by atoms with Gasteiger partial charge in [-0.3, -0.25) is 0 Å². The first-order valence-corrected chi connectivity index (χ1v) is 6.32. The Balaban J connectivity index is 2.24. The van der Waals surface area contributed by atoms with Gasteiger partial charge in [-0.1, -0.05) is 36.1 Å². The molecule has 16 heavy (non-hydrogen) atoms. The highest BCUT2D eigenvalue weighted by Crippen LogP contribution is 2.15. The van der Waals surface area contributed by atoms with Crippen LogP contribution in [-0.2, 0) is 0 Å². The van der Waals surface area contributed by atoms with Crippen molar-refractivity contribution in [2.75, 3.05) is 6.26 Å². The molecule has 0 N–H and O–H groups in total. The van der Waals surface area contributed by atoms with Gasteiger partial charge in [0.1, 0.15) is 0 Å². The van der Waals surface area contributed by atoms with Crippen molar-refractivity contribution < 1.29 is 0 Å². The summed E-state index contributed by atoms with van der Waals surface area (Å²) in [5, 5.41) is 0. The van der Waals surface area contributed by atoms with Crippen LogP contribution in [0, 0.1) is 11.8 Å². The van der Waals surface area contributed by atoms with Crippen LogP contribution in [0.2, 0.25) is 0 Å². The smallest absolute Gasteiger partial charge is 0.0260 e. The third-order valence-corrected chi connectivity index (χ3v) is 2.92. The molecule has 0 saturated heterocycles. The first-order chi connectivity index (χ1) is 7.88. The van der Waals surface area contributed by atoms with Crippen molar-refractivity contribution in [3.63, 3.8) is 0 Å². The van der Waals surface area contributed by atoms with Crippen molar-refractivity contribution in [2.24, 2.45) is 0 Å². The van der Waals surface area contributed by atoms with Gasteiger partial charge in [0.15, 0.2) is 0 Å². The van der Waals surface area contributed by atoms with E-state index >= 15 is 0 Å². The standard InChI is InChI=1S/C15H12S/c1-16-15-9-5-8-14(12-15)11-10-13-6-3-2-4-7-13/h2-9,12H,1H3. The second-order valence-corrected chi connectivity index (χ2v) is 4.23. The molecule has 0 aliphatic rings. The van der Waals surface area contributed by atoms with E-state index in [4.69, 9.17) is 0 Å². The average Bonchev–Trinajstić information content (AvgIpc) is 2.38. The maximum absolute atomic E-state index is 3.17. The molecule has 2 aromatic carbocycles. The molecule has 1 heteroatoms. The van der Waals surface area contributed by atoms with Gasteiger partial charge in [-0.2, -0.15) is 0 Å². The summed E-state index contributed by atoms with van der Waals surface area (Å²) in [4.78, 5) is 1.25. The van der Waals surface area contributed by atoms with Crippen molar-refractivity contribution in [3.8, 4) is 11.8 Å². The minimum Gasteiger partial charge on any atom is -0.130 e. The average molecular weight is 224 g/mol. The van der Waals surface area contributed by atoms with Gasteiger partial charge in [0, 0.05) is 16.0 Å². The molecule has 0 heterocycles. The molecule has 0 fully saturated rings. The fourth-order valence-electron chi connectivity index (χ4n) is 1.37. The topological polar surface area (TPSA) is 0 Å². The maximum Gasteiger partial charge on any atom is 0.0260 e. The second-order valence-electron chi connectivity index (χ2n) is 3.35. The van der Waals surface area contributed by atoms with Crippen LogP contribution >= 0.6 is 11.8 Å². The van der Waals surface area contributed by atoms with Crippen molar-refractivity contribution in [1.82, 2.24) is 0 Å². The number of hydrogen-bond donors (Lipinski definition) is 0. The number of thioether (sulfide) groups is 1.